The Morgan fingerprint density at radius 2 is 1.82 bits per heavy atom. The second-order valence-electron chi connectivity index (χ2n) is 5.30. The molecule has 1 heterocycles. The molecule has 0 amide bonds. The van der Waals surface area contributed by atoms with Crippen molar-refractivity contribution in [1.29, 1.82) is 0 Å². The molecule has 2 aliphatic rings. The summed E-state index contributed by atoms with van der Waals surface area (Å²) in [5.41, 5.74) is 1.25. The lowest BCUT2D eigenvalue weighted by atomic mass is 9.76. The van der Waals surface area contributed by atoms with Gasteiger partial charge in [0.1, 0.15) is 5.78 Å². The van der Waals surface area contributed by atoms with Crippen molar-refractivity contribution in [3.05, 3.63) is 35.9 Å². The molecule has 1 N–H and O–H groups in total. The third-order valence-electron chi connectivity index (χ3n) is 4.20. The van der Waals surface area contributed by atoms with E-state index in [0.717, 1.165) is 6.42 Å². The minimum absolute atomic E-state index is 0.239. The topological polar surface area (TPSA) is 29.1 Å². The minimum atomic E-state index is 0.239. The van der Waals surface area contributed by atoms with E-state index in [1.807, 2.05) is 6.07 Å². The highest BCUT2D eigenvalue weighted by Gasteiger charge is 2.37. The molecule has 2 nitrogen and oxygen atoms in total. The maximum atomic E-state index is 12.2. The van der Waals surface area contributed by atoms with Gasteiger partial charge in [-0.25, -0.2) is 0 Å². The molecule has 3 rings (SSSR count). The summed E-state index contributed by atoms with van der Waals surface area (Å²) in [7, 11) is 0. The third kappa shape index (κ3) is 2.14. The fourth-order valence-corrected chi connectivity index (χ4v) is 3.29. The number of Topliss-reactive ketones (excluding diaryl/α,β-unsaturated/α-hetero) is 1. The first-order valence-electron chi connectivity index (χ1n) is 6.68. The Labute approximate surface area is 102 Å². The van der Waals surface area contributed by atoms with Gasteiger partial charge in [0.25, 0.3) is 0 Å². The highest BCUT2D eigenvalue weighted by molar-refractivity contribution is 5.83. The maximum Gasteiger partial charge on any atom is 0.139 e. The molecule has 0 spiro atoms. The molecule has 1 aromatic rings. The van der Waals surface area contributed by atoms with Crippen LogP contribution in [0.3, 0.4) is 0 Å². The highest BCUT2D eigenvalue weighted by atomic mass is 16.1. The fourth-order valence-electron chi connectivity index (χ4n) is 3.29. The Kier molecular flexibility index (Phi) is 2.98. The smallest absolute Gasteiger partial charge is 0.139 e. The lowest BCUT2D eigenvalue weighted by Crippen LogP contribution is -2.49. The van der Waals surface area contributed by atoms with Crippen LogP contribution in [0.25, 0.3) is 0 Å². The molecular formula is C15H19NO. The van der Waals surface area contributed by atoms with E-state index >= 15 is 0 Å². The van der Waals surface area contributed by atoms with Crippen LogP contribution >= 0.6 is 0 Å². The Hall–Kier alpha value is -1.15. The van der Waals surface area contributed by atoms with Gasteiger partial charge in [0.2, 0.25) is 0 Å². The number of hydrogen-bond acceptors (Lipinski definition) is 2. The Bertz CT molecular complexity index is 401. The number of hydrogen-bond donors (Lipinski definition) is 1. The van der Waals surface area contributed by atoms with Gasteiger partial charge in [-0.3, -0.25) is 4.79 Å². The molecule has 1 aliphatic carbocycles. The molecule has 0 radical (unpaired) electrons. The number of carbonyl (C=O) groups is 1. The van der Waals surface area contributed by atoms with Crippen molar-refractivity contribution in [1.82, 2.24) is 5.32 Å². The SMILES string of the molecule is O=C1C[C@H](c2ccccc2)N[C@H]2CCCC[C@@H]12. The summed E-state index contributed by atoms with van der Waals surface area (Å²) in [6.07, 6.45) is 5.43. The molecule has 1 aromatic carbocycles. The molecule has 2 fully saturated rings. The second kappa shape index (κ2) is 4.61. The van der Waals surface area contributed by atoms with Crippen LogP contribution in [0.2, 0.25) is 0 Å². The van der Waals surface area contributed by atoms with E-state index in [0.29, 0.717) is 24.2 Å². The summed E-state index contributed by atoms with van der Waals surface area (Å²) in [5.74, 6) is 0.769. The molecule has 2 heteroatoms. The van der Waals surface area contributed by atoms with E-state index in [2.05, 4.69) is 29.6 Å². The van der Waals surface area contributed by atoms with Gasteiger partial charge in [-0.1, -0.05) is 43.2 Å². The van der Waals surface area contributed by atoms with Crippen molar-refractivity contribution in [3.63, 3.8) is 0 Å². The number of ketones is 1. The van der Waals surface area contributed by atoms with Crippen LogP contribution in [-0.4, -0.2) is 11.8 Å². The van der Waals surface area contributed by atoms with Crippen molar-refractivity contribution < 1.29 is 4.79 Å². The van der Waals surface area contributed by atoms with E-state index in [4.69, 9.17) is 0 Å². The molecule has 17 heavy (non-hydrogen) atoms. The van der Waals surface area contributed by atoms with Crippen LogP contribution in [0.4, 0.5) is 0 Å². The van der Waals surface area contributed by atoms with E-state index in [-0.39, 0.29) is 6.04 Å². The van der Waals surface area contributed by atoms with Crippen LogP contribution in [0.15, 0.2) is 30.3 Å². The fraction of sp³-hybridized carbons (Fsp3) is 0.533. The number of benzene rings is 1. The molecule has 90 valence electrons. The molecule has 0 unspecified atom stereocenters. The van der Waals surface area contributed by atoms with Gasteiger partial charge in [-0.15, -0.1) is 0 Å². The normalized spacial score (nSPS) is 33.2. The molecule has 0 aromatic heterocycles. The zero-order chi connectivity index (χ0) is 11.7. The molecule has 1 saturated carbocycles. The quantitative estimate of drug-likeness (QED) is 0.802. The highest BCUT2D eigenvalue weighted by Crippen LogP contribution is 2.34. The van der Waals surface area contributed by atoms with Crippen LogP contribution in [-0.2, 0) is 4.79 Å². The van der Waals surface area contributed by atoms with E-state index in [1.165, 1.54) is 24.8 Å². The predicted molar refractivity (Wildman–Crippen MR) is 67.7 cm³/mol. The number of nitrogens with one attached hydrogen (secondary N) is 1. The molecule has 0 bridgehead atoms. The van der Waals surface area contributed by atoms with Crippen LogP contribution in [0, 0.1) is 5.92 Å². The minimum Gasteiger partial charge on any atom is -0.306 e. The van der Waals surface area contributed by atoms with Crippen molar-refractivity contribution in [2.45, 2.75) is 44.2 Å². The van der Waals surface area contributed by atoms with Gasteiger partial charge in [0.15, 0.2) is 0 Å². The first-order chi connectivity index (χ1) is 8.34. The molecule has 1 saturated heterocycles. The number of fused-ring (bicyclic) bond motifs is 1. The van der Waals surface area contributed by atoms with E-state index in [9.17, 15) is 4.79 Å². The second-order valence-corrected chi connectivity index (χ2v) is 5.30. The molecule has 3 atom stereocenters. The lowest BCUT2D eigenvalue weighted by Gasteiger charge is -2.39. The van der Waals surface area contributed by atoms with Crippen LogP contribution in [0.5, 0.6) is 0 Å². The average Bonchev–Trinajstić information content (AvgIpc) is 2.40. The molecular weight excluding hydrogens is 210 g/mol. The maximum absolute atomic E-state index is 12.2. The Balaban J connectivity index is 1.79. The summed E-state index contributed by atoms with van der Waals surface area (Å²) in [6, 6.07) is 11.0. The largest absolute Gasteiger partial charge is 0.306 e. The first kappa shape index (κ1) is 11.0. The summed E-state index contributed by atoms with van der Waals surface area (Å²) in [5, 5.41) is 3.68. The zero-order valence-corrected chi connectivity index (χ0v) is 10.1. The van der Waals surface area contributed by atoms with Crippen LogP contribution in [0.1, 0.15) is 43.7 Å². The van der Waals surface area contributed by atoms with E-state index in [1.54, 1.807) is 0 Å². The first-order valence-corrected chi connectivity index (χ1v) is 6.68. The summed E-state index contributed by atoms with van der Waals surface area (Å²) >= 11 is 0. The summed E-state index contributed by atoms with van der Waals surface area (Å²) in [4.78, 5) is 12.2. The van der Waals surface area contributed by atoms with Crippen LogP contribution < -0.4 is 5.32 Å². The summed E-state index contributed by atoms with van der Waals surface area (Å²) in [6.45, 7) is 0. The zero-order valence-electron chi connectivity index (χ0n) is 10.1. The third-order valence-corrected chi connectivity index (χ3v) is 4.20. The van der Waals surface area contributed by atoms with Gasteiger partial charge in [0.05, 0.1) is 0 Å². The monoisotopic (exact) mass is 229 g/mol. The Morgan fingerprint density at radius 1 is 1.06 bits per heavy atom. The van der Waals surface area contributed by atoms with Gasteiger partial charge < -0.3 is 5.32 Å². The number of piperidine rings is 1. The lowest BCUT2D eigenvalue weighted by molar-refractivity contribution is -0.127. The van der Waals surface area contributed by atoms with E-state index < -0.39 is 0 Å². The number of carbonyl (C=O) groups excluding carboxylic acids is 1. The van der Waals surface area contributed by atoms with Crippen molar-refractivity contribution in [2.24, 2.45) is 5.92 Å². The average molecular weight is 229 g/mol. The Morgan fingerprint density at radius 3 is 2.65 bits per heavy atom. The van der Waals surface area contributed by atoms with Crippen molar-refractivity contribution >= 4 is 5.78 Å². The van der Waals surface area contributed by atoms with Gasteiger partial charge in [-0.2, -0.15) is 0 Å². The summed E-state index contributed by atoms with van der Waals surface area (Å²) < 4.78 is 0. The van der Waals surface area contributed by atoms with Gasteiger partial charge in [-0.05, 0) is 18.4 Å². The van der Waals surface area contributed by atoms with Gasteiger partial charge in [0, 0.05) is 24.4 Å². The standard InChI is InChI=1S/C15H19NO/c17-15-10-14(11-6-2-1-3-7-11)16-13-9-5-4-8-12(13)15/h1-3,6-7,12-14,16H,4-5,8-10H2/t12-,13+,14-/m1/s1. The number of rotatable bonds is 1. The van der Waals surface area contributed by atoms with Crippen molar-refractivity contribution in [3.8, 4) is 0 Å². The molecule has 1 aliphatic heterocycles. The predicted octanol–water partition coefficient (Wildman–Crippen LogP) is 2.85. The van der Waals surface area contributed by atoms with Gasteiger partial charge >= 0.3 is 0 Å². The van der Waals surface area contributed by atoms with Crippen molar-refractivity contribution in [2.75, 3.05) is 0 Å².